The van der Waals surface area contributed by atoms with Crippen molar-refractivity contribution < 1.29 is 8.42 Å². The van der Waals surface area contributed by atoms with Gasteiger partial charge in [0.05, 0.1) is 23.0 Å². The molecule has 3 rings (SSSR count). The fraction of sp³-hybridized carbons (Fsp3) is 0.0769. The Bertz CT molecular complexity index is 964. The summed E-state index contributed by atoms with van der Waals surface area (Å²) in [5, 5.41) is 9.70. The van der Waals surface area contributed by atoms with Crippen LogP contribution in [0.15, 0.2) is 35.5 Å². The van der Waals surface area contributed by atoms with Gasteiger partial charge in [0.25, 0.3) is 10.0 Å². The zero-order valence-corrected chi connectivity index (χ0v) is 12.5. The van der Waals surface area contributed by atoms with Gasteiger partial charge < -0.3 is 4.98 Å². The smallest absolute Gasteiger partial charge is 0.264 e. The summed E-state index contributed by atoms with van der Waals surface area (Å²) in [6, 6.07) is 7.17. The topological polar surface area (TPSA) is 98.6 Å². The number of nitrogens with one attached hydrogen (secondary N) is 2. The van der Waals surface area contributed by atoms with Crippen molar-refractivity contribution in [1.29, 1.82) is 5.26 Å². The third-order valence-electron chi connectivity index (χ3n) is 3.08. The number of nitriles is 1. The minimum Gasteiger partial charge on any atom is -0.358 e. The predicted molar refractivity (Wildman–Crippen MR) is 80.7 cm³/mol. The fourth-order valence-electron chi connectivity index (χ4n) is 2.08. The molecule has 2 heterocycles. The molecule has 0 spiro atoms. The number of anilines is 1. The first-order valence-corrected chi connectivity index (χ1v) is 8.23. The quantitative estimate of drug-likeness (QED) is 0.775. The maximum atomic E-state index is 12.4. The van der Waals surface area contributed by atoms with Crippen molar-refractivity contribution >= 4 is 38.1 Å². The van der Waals surface area contributed by atoms with Crippen molar-refractivity contribution in [2.45, 2.75) is 11.8 Å². The average Bonchev–Trinajstić information content (AvgIpc) is 3.05. The minimum absolute atomic E-state index is 0.163. The lowest BCUT2D eigenvalue weighted by Crippen LogP contribution is -2.13. The molecule has 0 aliphatic heterocycles. The largest absolute Gasteiger partial charge is 0.358 e. The monoisotopic (exact) mass is 318 g/mol. The van der Waals surface area contributed by atoms with Gasteiger partial charge in [0.15, 0.2) is 0 Å². The molecule has 6 nitrogen and oxygen atoms in total. The second kappa shape index (κ2) is 4.87. The first-order valence-electron chi connectivity index (χ1n) is 5.97. The predicted octanol–water partition coefficient (Wildman–Crippen LogP) is 2.61. The summed E-state index contributed by atoms with van der Waals surface area (Å²) in [6.07, 6.45) is 2.89. The number of aromatic amines is 1. The number of aromatic nitrogens is 2. The molecule has 21 heavy (non-hydrogen) atoms. The normalized spacial score (nSPS) is 11.4. The Labute approximate surface area is 125 Å². The molecule has 0 unspecified atom stereocenters. The van der Waals surface area contributed by atoms with E-state index < -0.39 is 10.0 Å². The first kappa shape index (κ1) is 13.6. The Kier molecular flexibility index (Phi) is 3.16. The van der Waals surface area contributed by atoms with E-state index in [0.717, 1.165) is 11.5 Å². The molecule has 0 aliphatic rings. The van der Waals surface area contributed by atoms with E-state index >= 15 is 0 Å². The van der Waals surface area contributed by atoms with E-state index in [2.05, 4.69) is 20.1 Å². The maximum absolute atomic E-state index is 12.4. The highest BCUT2D eigenvalue weighted by atomic mass is 32.2. The summed E-state index contributed by atoms with van der Waals surface area (Å²) in [6.45, 7) is 1.70. The Morgan fingerprint density at radius 2 is 2.24 bits per heavy atom. The summed E-state index contributed by atoms with van der Waals surface area (Å²) < 4.78 is 31.2. The first-order chi connectivity index (χ1) is 10.0. The molecule has 0 bridgehead atoms. The third kappa shape index (κ3) is 2.26. The Morgan fingerprint density at radius 1 is 1.43 bits per heavy atom. The van der Waals surface area contributed by atoms with Crippen LogP contribution in [0.4, 0.5) is 5.69 Å². The van der Waals surface area contributed by atoms with Crippen molar-refractivity contribution in [2.75, 3.05) is 4.72 Å². The van der Waals surface area contributed by atoms with Crippen LogP contribution in [0.3, 0.4) is 0 Å². The summed E-state index contributed by atoms with van der Waals surface area (Å²) >= 11 is 1.13. The van der Waals surface area contributed by atoms with Crippen molar-refractivity contribution in [1.82, 2.24) is 9.36 Å². The third-order valence-corrected chi connectivity index (χ3v) is 5.39. The van der Waals surface area contributed by atoms with Gasteiger partial charge in [-0.1, -0.05) is 12.1 Å². The Balaban J connectivity index is 2.09. The van der Waals surface area contributed by atoms with Crippen LogP contribution in [0.25, 0.3) is 10.9 Å². The highest BCUT2D eigenvalue weighted by Gasteiger charge is 2.20. The number of aryl methyl sites for hydroxylation is 1. The van der Waals surface area contributed by atoms with Gasteiger partial charge in [-0.25, -0.2) is 8.42 Å². The lowest BCUT2D eigenvalue weighted by molar-refractivity contribution is 0.601. The van der Waals surface area contributed by atoms with Crippen LogP contribution in [0, 0.1) is 18.3 Å². The average molecular weight is 318 g/mol. The molecule has 106 valence electrons. The summed E-state index contributed by atoms with van der Waals surface area (Å²) in [5.74, 6) is 0. The zero-order valence-electron chi connectivity index (χ0n) is 10.9. The van der Waals surface area contributed by atoms with E-state index in [4.69, 9.17) is 5.26 Å². The van der Waals surface area contributed by atoms with Gasteiger partial charge in [-0.05, 0) is 24.5 Å². The van der Waals surface area contributed by atoms with Crippen LogP contribution < -0.4 is 4.72 Å². The molecular formula is C13H10N4O2S2. The number of fused-ring (bicyclic) bond motifs is 1. The molecule has 2 aromatic heterocycles. The second-order valence-corrected chi connectivity index (χ2v) is 7.05. The van der Waals surface area contributed by atoms with Crippen LogP contribution in [0.2, 0.25) is 0 Å². The lowest BCUT2D eigenvalue weighted by Gasteiger charge is -2.08. The van der Waals surface area contributed by atoms with E-state index in [1.807, 2.05) is 0 Å². The fourth-order valence-corrected chi connectivity index (χ4v) is 4.19. The molecule has 0 aliphatic carbocycles. The highest BCUT2D eigenvalue weighted by molar-refractivity contribution is 7.93. The van der Waals surface area contributed by atoms with Gasteiger partial charge in [-0.3, -0.25) is 4.72 Å². The standard InChI is InChI=1S/C13H10N4O2S2/c1-8-12(7-16-20-8)21(18,19)17-11-4-2-3-10-9(5-14)6-15-13(10)11/h2-4,6-7,15,17H,1H3. The van der Waals surface area contributed by atoms with Gasteiger partial charge in [0.2, 0.25) is 0 Å². The molecule has 1 aromatic carbocycles. The number of H-pyrrole nitrogens is 1. The summed E-state index contributed by atoms with van der Waals surface area (Å²) in [4.78, 5) is 3.72. The number of hydrogen-bond donors (Lipinski definition) is 2. The zero-order chi connectivity index (χ0) is 15.0. The number of benzene rings is 1. The second-order valence-electron chi connectivity index (χ2n) is 4.39. The minimum atomic E-state index is -3.69. The summed E-state index contributed by atoms with van der Waals surface area (Å²) in [5.41, 5.74) is 1.46. The van der Waals surface area contributed by atoms with Gasteiger partial charge in [0.1, 0.15) is 11.0 Å². The van der Waals surface area contributed by atoms with E-state index in [9.17, 15) is 8.42 Å². The molecule has 0 radical (unpaired) electrons. The van der Waals surface area contributed by atoms with Crippen molar-refractivity contribution in [3.05, 3.63) is 41.0 Å². The number of nitrogens with zero attached hydrogens (tertiary/aromatic N) is 2. The van der Waals surface area contributed by atoms with Crippen molar-refractivity contribution in [3.63, 3.8) is 0 Å². The molecule has 0 saturated carbocycles. The number of para-hydroxylation sites is 1. The molecule has 0 saturated heterocycles. The van der Waals surface area contributed by atoms with Gasteiger partial charge in [-0.15, -0.1) is 0 Å². The van der Waals surface area contributed by atoms with Gasteiger partial charge >= 0.3 is 0 Å². The van der Waals surface area contributed by atoms with E-state index in [1.165, 1.54) is 6.20 Å². The van der Waals surface area contributed by atoms with Crippen molar-refractivity contribution in [2.24, 2.45) is 0 Å². The molecule has 3 aromatic rings. The van der Waals surface area contributed by atoms with E-state index in [1.54, 1.807) is 31.3 Å². The summed E-state index contributed by atoms with van der Waals surface area (Å²) in [7, 11) is -3.69. The lowest BCUT2D eigenvalue weighted by atomic mass is 10.2. The molecule has 2 N–H and O–H groups in total. The molecular weight excluding hydrogens is 308 g/mol. The van der Waals surface area contributed by atoms with Crippen LogP contribution in [0.1, 0.15) is 10.4 Å². The Hall–Kier alpha value is -2.37. The number of sulfonamides is 1. The maximum Gasteiger partial charge on any atom is 0.264 e. The number of rotatable bonds is 3. The SMILES string of the molecule is Cc1sncc1S(=O)(=O)Nc1cccc2c(C#N)c[nH]c12. The van der Waals surface area contributed by atoms with Crippen molar-refractivity contribution in [3.8, 4) is 6.07 Å². The molecule has 0 amide bonds. The van der Waals surface area contributed by atoms with E-state index in [0.29, 0.717) is 27.0 Å². The number of hydrogen-bond acceptors (Lipinski definition) is 5. The van der Waals surface area contributed by atoms with Crippen LogP contribution in [-0.2, 0) is 10.0 Å². The molecule has 0 fully saturated rings. The molecule has 0 atom stereocenters. The van der Waals surface area contributed by atoms with E-state index in [-0.39, 0.29) is 4.90 Å². The van der Waals surface area contributed by atoms with Gasteiger partial charge in [0, 0.05) is 16.5 Å². The Morgan fingerprint density at radius 3 is 2.90 bits per heavy atom. The van der Waals surface area contributed by atoms with Gasteiger partial charge in [-0.2, -0.15) is 9.64 Å². The molecule has 8 heteroatoms. The highest BCUT2D eigenvalue weighted by Crippen LogP contribution is 2.28. The van der Waals surface area contributed by atoms with Crippen LogP contribution >= 0.6 is 11.5 Å². The van der Waals surface area contributed by atoms with Crippen LogP contribution in [-0.4, -0.2) is 17.8 Å². The van der Waals surface area contributed by atoms with Crippen LogP contribution in [0.5, 0.6) is 0 Å².